The fraction of sp³-hybridized carbons (Fsp3) is 0.417. The van der Waals surface area contributed by atoms with Gasteiger partial charge in [0, 0.05) is 35.6 Å². The first-order chi connectivity index (χ1) is 7.75. The van der Waals surface area contributed by atoms with Gasteiger partial charge in [-0.2, -0.15) is 0 Å². The van der Waals surface area contributed by atoms with Gasteiger partial charge < -0.3 is 9.73 Å². The fourth-order valence-electron chi connectivity index (χ4n) is 1.55. The predicted octanol–water partition coefficient (Wildman–Crippen LogP) is 2.94. The largest absolute Gasteiger partial charge is 0.472 e. The highest BCUT2D eigenvalue weighted by Crippen LogP contribution is 2.13. The molecule has 16 heavy (non-hydrogen) atoms. The number of nitrogens with zero attached hydrogens (tertiary/aromatic N) is 1. The normalized spacial score (nSPS) is 12.9. The van der Waals surface area contributed by atoms with Gasteiger partial charge >= 0.3 is 0 Å². The van der Waals surface area contributed by atoms with Crippen LogP contribution in [0.25, 0.3) is 0 Å². The molecular weight excluding hydrogens is 220 g/mol. The first kappa shape index (κ1) is 11.4. The van der Waals surface area contributed by atoms with Gasteiger partial charge in [-0.25, -0.2) is 4.98 Å². The van der Waals surface area contributed by atoms with E-state index in [9.17, 15) is 0 Å². The van der Waals surface area contributed by atoms with Gasteiger partial charge in [-0.1, -0.05) is 0 Å². The van der Waals surface area contributed by atoms with E-state index in [-0.39, 0.29) is 0 Å². The molecule has 2 aromatic rings. The highest BCUT2D eigenvalue weighted by atomic mass is 32.1. The summed E-state index contributed by atoms with van der Waals surface area (Å²) in [4.78, 5) is 4.43. The predicted molar refractivity (Wildman–Crippen MR) is 65.7 cm³/mol. The number of aryl methyl sites for hydroxylation is 1. The summed E-state index contributed by atoms with van der Waals surface area (Å²) in [5.74, 6) is 0. The van der Waals surface area contributed by atoms with Crippen LogP contribution in [0, 0.1) is 6.92 Å². The van der Waals surface area contributed by atoms with E-state index < -0.39 is 0 Å². The second-order valence-electron chi connectivity index (χ2n) is 3.87. The molecule has 0 aliphatic rings. The third-order valence-electron chi connectivity index (χ3n) is 2.50. The molecule has 2 aromatic heterocycles. The molecule has 0 saturated heterocycles. The highest BCUT2D eigenvalue weighted by Gasteiger charge is 2.06. The van der Waals surface area contributed by atoms with E-state index in [2.05, 4.69) is 22.6 Å². The molecule has 0 aliphatic carbocycles. The zero-order chi connectivity index (χ0) is 11.4. The summed E-state index contributed by atoms with van der Waals surface area (Å²) in [5.41, 5.74) is 2.30. The number of rotatable bonds is 5. The summed E-state index contributed by atoms with van der Waals surface area (Å²) in [6.45, 7) is 5.11. The van der Waals surface area contributed by atoms with E-state index in [1.54, 1.807) is 23.9 Å². The van der Waals surface area contributed by atoms with Crippen LogP contribution in [0.1, 0.15) is 29.2 Å². The monoisotopic (exact) mass is 236 g/mol. The van der Waals surface area contributed by atoms with Crippen LogP contribution in [-0.4, -0.2) is 11.5 Å². The van der Waals surface area contributed by atoms with Crippen LogP contribution < -0.4 is 5.32 Å². The maximum absolute atomic E-state index is 5.05. The van der Waals surface area contributed by atoms with Crippen LogP contribution in [0.15, 0.2) is 28.4 Å². The summed E-state index contributed by atoms with van der Waals surface area (Å²) in [6.07, 6.45) is 4.48. The number of thiazole rings is 1. The van der Waals surface area contributed by atoms with Crippen molar-refractivity contribution in [2.75, 3.05) is 6.54 Å². The Kier molecular flexibility index (Phi) is 3.74. The van der Waals surface area contributed by atoms with Crippen molar-refractivity contribution in [3.05, 3.63) is 40.2 Å². The van der Waals surface area contributed by atoms with Crippen LogP contribution in [0.2, 0.25) is 0 Å². The minimum atomic E-state index is 0.333. The lowest BCUT2D eigenvalue weighted by Crippen LogP contribution is -2.20. The molecule has 0 saturated carbocycles. The Labute approximate surface area is 99.5 Å². The first-order valence-electron chi connectivity index (χ1n) is 5.42. The minimum Gasteiger partial charge on any atom is -0.472 e. The molecule has 0 aliphatic heterocycles. The van der Waals surface area contributed by atoms with Gasteiger partial charge in [-0.05, 0) is 19.9 Å². The van der Waals surface area contributed by atoms with Gasteiger partial charge in [0.1, 0.15) is 0 Å². The zero-order valence-corrected chi connectivity index (χ0v) is 10.4. The molecule has 0 fully saturated rings. The fourth-order valence-corrected chi connectivity index (χ4v) is 2.33. The zero-order valence-electron chi connectivity index (χ0n) is 9.56. The summed E-state index contributed by atoms with van der Waals surface area (Å²) in [6, 6.07) is 2.32. The Bertz CT molecular complexity index is 422. The van der Waals surface area contributed by atoms with Gasteiger partial charge in [0.2, 0.25) is 0 Å². The molecule has 1 atom stereocenters. The average molecular weight is 236 g/mol. The Morgan fingerprint density at radius 2 is 2.44 bits per heavy atom. The van der Waals surface area contributed by atoms with Crippen molar-refractivity contribution < 1.29 is 4.42 Å². The SMILES string of the molecule is Cc1csc(CCNC(C)c2ccoc2)n1. The lowest BCUT2D eigenvalue weighted by molar-refractivity contribution is 0.539. The smallest absolute Gasteiger partial charge is 0.0950 e. The van der Waals surface area contributed by atoms with Crippen molar-refractivity contribution in [2.24, 2.45) is 0 Å². The summed E-state index contributed by atoms with van der Waals surface area (Å²) in [5, 5.41) is 6.74. The van der Waals surface area contributed by atoms with Crippen LogP contribution in [0.3, 0.4) is 0 Å². The highest BCUT2D eigenvalue weighted by molar-refractivity contribution is 7.09. The van der Waals surface area contributed by atoms with E-state index in [1.165, 1.54) is 10.6 Å². The standard InChI is InChI=1S/C12H16N2OS/c1-9-8-16-12(14-9)3-5-13-10(2)11-4-6-15-7-11/h4,6-8,10,13H,3,5H2,1-2H3. The van der Waals surface area contributed by atoms with E-state index in [0.717, 1.165) is 18.7 Å². The lowest BCUT2D eigenvalue weighted by Gasteiger charge is -2.10. The molecule has 0 radical (unpaired) electrons. The van der Waals surface area contributed by atoms with Gasteiger partial charge in [0.05, 0.1) is 17.5 Å². The third-order valence-corrected chi connectivity index (χ3v) is 3.53. The number of furan rings is 1. The molecule has 1 unspecified atom stereocenters. The second kappa shape index (κ2) is 5.27. The van der Waals surface area contributed by atoms with Crippen molar-refractivity contribution in [2.45, 2.75) is 26.3 Å². The van der Waals surface area contributed by atoms with Crippen molar-refractivity contribution in [1.82, 2.24) is 10.3 Å². The topological polar surface area (TPSA) is 38.1 Å². The van der Waals surface area contributed by atoms with E-state index >= 15 is 0 Å². The van der Waals surface area contributed by atoms with Crippen LogP contribution in [-0.2, 0) is 6.42 Å². The lowest BCUT2D eigenvalue weighted by atomic mass is 10.2. The van der Waals surface area contributed by atoms with Gasteiger partial charge in [0.25, 0.3) is 0 Å². The Hall–Kier alpha value is -1.13. The van der Waals surface area contributed by atoms with Crippen molar-refractivity contribution in [3.8, 4) is 0 Å². The molecule has 2 heterocycles. The van der Waals surface area contributed by atoms with Crippen LogP contribution >= 0.6 is 11.3 Å². The van der Waals surface area contributed by atoms with Crippen LogP contribution in [0.5, 0.6) is 0 Å². The molecule has 0 spiro atoms. The third kappa shape index (κ3) is 2.93. The maximum Gasteiger partial charge on any atom is 0.0950 e. The van der Waals surface area contributed by atoms with E-state index in [0.29, 0.717) is 6.04 Å². The Morgan fingerprint density at radius 3 is 3.06 bits per heavy atom. The van der Waals surface area contributed by atoms with Crippen molar-refractivity contribution in [1.29, 1.82) is 0 Å². The number of nitrogens with one attached hydrogen (secondary N) is 1. The second-order valence-corrected chi connectivity index (χ2v) is 4.81. The van der Waals surface area contributed by atoms with Crippen molar-refractivity contribution >= 4 is 11.3 Å². The summed E-state index contributed by atoms with van der Waals surface area (Å²) < 4.78 is 5.05. The van der Waals surface area contributed by atoms with Gasteiger partial charge in [-0.15, -0.1) is 11.3 Å². The molecule has 4 heteroatoms. The molecule has 0 amide bonds. The average Bonchev–Trinajstić information content (AvgIpc) is 2.89. The Morgan fingerprint density at radius 1 is 1.56 bits per heavy atom. The van der Waals surface area contributed by atoms with Crippen molar-refractivity contribution in [3.63, 3.8) is 0 Å². The number of hydrogen-bond donors (Lipinski definition) is 1. The molecule has 1 N–H and O–H groups in total. The minimum absolute atomic E-state index is 0.333. The molecule has 0 bridgehead atoms. The summed E-state index contributed by atoms with van der Waals surface area (Å²) in [7, 11) is 0. The van der Waals surface area contributed by atoms with E-state index in [1.807, 2.05) is 13.0 Å². The van der Waals surface area contributed by atoms with Crippen LogP contribution in [0.4, 0.5) is 0 Å². The molecule has 86 valence electrons. The molecule has 0 aromatic carbocycles. The summed E-state index contributed by atoms with van der Waals surface area (Å²) >= 11 is 1.73. The molecular formula is C12H16N2OS. The molecule has 3 nitrogen and oxygen atoms in total. The number of hydrogen-bond acceptors (Lipinski definition) is 4. The maximum atomic E-state index is 5.05. The van der Waals surface area contributed by atoms with Gasteiger partial charge in [0.15, 0.2) is 0 Å². The quantitative estimate of drug-likeness (QED) is 0.867. The molecule has 2 rings (SSSR count). The Balaban J connectivity index is 1.76. The number of aromatic nitrogens is 1. The first-order valence-corrected chi connectivity index (χ1v) is 6.30. The van der Waals surface area contributed by atoms with Gasteiger partial charge in [-0.3, -0.25) is 0 Å². The van der Waals surface area contributed by atoms with E-state index in [4.69, 9.17) is 4.42 Å².